The Bertz CT molecular complexity index is 504. The molecule has 112 valence electrons. The molecular formula is C11H12F3O5P. The van der Waals surface area contributed by atoms with Crippen LogP contribution < -0.4 is 4.74 Å². The molecule has 0 unspecified atom stereocenters. The van der Waals surface area contributed by atoms with Crippen molar-refractivity contribution in [3.8, 4) is 5.75 Å². The number of ether oxygens (including phenoxy) is 1. The van der Waals surface area contributed by atoms with Crippen molar-refractivity contribution in [1.29, 1.82) is 0 Å². The van der Waals surface area contributed by atoms with E-state index in [9.17, 15) is 22.5 Å². The SMILES string of the molecule is COP(=O)(CC(=O)Oc1ccc(C(F)(F)F)cc1)OC. The summed E-state index contributed by atoms with van der Waals surface area (Å²) in [6, 6.07) is 3.53. The monoisotopic (exact) mass is 312 g/mol. The minimum absolute atomic E-state index is 0.0956. The molecule has 0 aromatic heterocycles. The smallest absolute Gasteiger partial charge is 0.416 e. The number of esters is 1. The van der Waals surface area contributed by atoms with Gasteiger partial charge in [0.15, 0.2) is 0 Å². The second kappa shape index (κ2) is 6.39. The van der Waals surface area contributed by atoms with Gasteiger partial charge in [-0.1, -0.05) is 0 Å². The molecule has 0 atom stereocenters. The standard InChI is InChI=1S/C11H12F3O5P/c1-17-20(16,18-2)7-10(15)19-9-5-3-8(4-6-9)11(12,13)14/h3-6H,7H2,1-2H3. The van der Waals surface area contributed by atoms with Crippen molar-refractivity contribution in [3.05, 3.63) is 29.8 Å². The molecule has 0 fully saturated rings. The quantitative estimate of drug-likeness (QED) is 0.475. The number of hydrogen-bond donors (Lipinski definition) is 0. The average molecular weight is 312 g/mol. The molecule has 0 radical (unpaired) electrons. The van der Waals surface area contributed by atoms with Crippen LogP contribution in [0.2, 0.25) is 0 Å². The van der Waals surface area contributed by atoms with E-state index in [0.29, 0.717) is 0 Å². The van der Waals surface area contributed by atoms with Crippen LogP contribution >= 0.6 is 7.60 Å². The van der Waals surface area contributed by atoms with Gasteiger partial charge >= 0.3 is 19.7 Å². The van der Waals surface area contributed by atoms with Gasteiger partial charge in [-0.25, -0.2) is 0 Å². The maximum Gasteiger partial charge on any atom is 0.416 e. The van der Waals surface area contributed by atoms with Crippen molar-refractivity contribution in [3.63, 3.8) is 0 Å². The number of rotatable bonds is 5. The Morgan fingerprint density at radius 1 is 1.15 bits per heavy atom. The van der Waals surface area contributed by atoms with E-state index < -0.39 is 31.5 Å². The fraction of sp³-hybridized carbons (Fsp3) is 0.364. The Kier molecular flexibility index (Phi) is 5.33. The van der Waals surface area contributed by atoms with Gasteiger partial charge in [-0.3, -0.25) is 9.36 Å². The highest BCUT2D eigenvalue weighted by Gasteiger charge is 2.30. The topological polar surface area (TPSA) is 61.8 Å². The minimum Gasteiger partial charge on any atom is -0.426 e. The summed E-state index contributed by atoms with van der Waals surface area (Å²) in [5, 5.41) is 0. The third kappa shape index (κ3) is 4.63. The first-order valence-corrected chi connectivity index (χ1v) is 7.01. The molecule has 0 aliphatic heterocycles. The second-order valence-electron chi connectivity index (χ2n) is 3.63. The summed E-state index contributed by atoms with van der Waals surface area (Å²) in [6.07, 6.45) is -5.11. The summed E-state index contributed by atoms with van der Waals surface area (Å²) in [5.41, 5.74) is -0.864. The summed E-state index contributed by atoms with van der Waals surface area (Å²) in [4.78, 5) is 11.5. The zero-order chi connectivity index (χ0) is 15.4. The Labute approximate surface area is 113 Å². The first-order chi connectivity index (χ1) is 9.20. The van der Waals surface area contributed by atoms with Crippen molar-refractivity contribution in [2.24, 2.45) is 0 Å². The first kappa shape index (κ1) is 16.7. The Hall–Kier alpha value is -1.37. The van der Waals surface area contributed by atoms with Gasteiger partial charge in [0.2, 0.25) is 0 Å². The molecule has 0 N–H and O–H groups in total. The largest absolute Gasteiger partial charge is 0.426 e. The lowest BCUT2D eigenvalue weighted by Crippen LogP contribution is -2.15. The number of halogens is 3. The molecule has 9 heteroatoms. The predicted molar refractivity (Wildman–Crippen MR) is 63.6 cm³/mol. The van der Waals surface area contributed by atoms with Crippen molar-refractivity contribution >= 4 is 13.6 Å². The lowest BCUT2D eigenvalue weighted by molar-refractivity contribution is -0.137. The molecule has 1 rings (SSSR count). The van der Waals surface area contributed by atoms with E-state index in [0.717, 1.165) is 38.5 Å². The summed E-state index contributed by atoms with van der Waals surface area (Å²) in [5.74, 6) is -1.03. The van der Waals surface area contributed by atoms with Crippen molar-refractivity contribution in [1.82, 2.24) is 0 Å². The van der Waals surface area contributed by atoms with Crippen LogP contribution in [0, 0.1) is 0 Å². The highest BCUT2D eigenvalue weighted by Crippen LogP contribution is 2.46. The molecule has 0 aliphatic carbocycles. The number of hydrogen-bond acceptors (Lipinski definition) is 5. The van der Waals surface area contributed by atoms with Crippen molar-refractivity contribution in [2.45, 2.75) is 6.18 Å². The molecule has 0 saturated carbocycles. The molecule has 0 amide bonds. The molecule has 0 spiro atoms. The zero-order valence-corrected chi connectivity index (χ0v) is 11.5. The Balaban J connectivity index is 2.70. The summed E-state index contributed by atoms with van der Waals surface area (Å²) < 4.78 is 62.4. The maximum absolute atomic E-state index is 12.3. The van der Waals surface area contributed by atoms with Crippen LogP contribution in [0.3, 0.4) is 0 Å². The minimum atomic E-state index is -4.47. The van der Waals surface area contributed by atoms with Gasteiger partial charge in [0, 0.05) is 14.2 Å². The van der Waals surface area contributed by atoms with E-state index >= 15 is 0 Å². The third-order valence-electron chi connectivity index (χ3n) is 2.29. The van der Waals surface area contributed by atoms with Crippen LogP contribution in [0.25, 0.3) is 0 Å². The van der Waals surface area contributed by atoms with Crippen LogP contribution in [0.4, 0.5) is 13.2 Å². The lowest BCUT2D eigenvalue weighted by Gasteiger charge is -2.13. The summed E-state index contributed by atoms with van der Waals surface area (Å²) in [7, 11) is -1.35. The molecule has 0 bridgehead atoms. The fourth-order valence-electron chi connectivity index (χ4n) is 1.24. The van der Waals surface area contributed by atoms with E-state index in [2.05, 4.69) is 9.05 Å². The normalized spacial score (nSPS) is 12.2. The van der Waals surface area contributed by atoms with Crippen LogP contribution in [0.5, 0.6) is 5.75 Å². The number of carbonyl (C=O) groups excluding carboxylic acids is 1. The molecule has 0 heterocycles. The fourth-order valence-corrected chi connectivity index (χ4v) is 2.03. The van der Waals surface area contributed by atoms with Crippen molar-refractivity contribution < 1.29 is 36.3 Å². The highest BCUT2D eigenvalue weighted by atomic mass is 31.2. The van der Waals surface area contributed by atoms with E-state index in [4.69, 9.17) is 4.74 Å². The van der Waals surface area contributed by atoms with E-state index in [1.54, 1.807) is 0 Å². The van der Waals surface area contributed by atoms with Crippen LogP contribution in [0.1, 0.15) is 5.56 Å². The van der Waals surface area contributed by atoms with Gasteiger partial charge in [-0.2, -0.15) is 13.2 Å². The van der Waals surface area contributed by atoms with Crippen LogP contribution in [-0.4, -0.2) is 26.4 Å². The van der Waals surface area contributed by atoms with E-state index in [-0.39, 0.29) is 5.75 Å². The third-order valence-corrected chi connectivity index (χ3v) is 4.05. The molecule has 5 nitrogen and oxygen atoms in total. The predicted octanol–water partition coefficient (Wildman–Crippen LogP) is 3.10. The lowest BCUT2D eigenvalue weighted by atomic mass is 10.2. The molecule has 0 aliphatic rings. The van der Waals surface area contributed by atoms with Gasteiger partial charge in [-0.05, 0) is 24.3 Å². The molecule has 1 aromatic carbocycles. The zero-order valence-electron chi connectivity index (χ0n) is 10.6. The maximum atomic E-state index is 12.3. The van der Waals surface area contributed by atoms with Crippen LogP contribution in [0.15, 0.2) is 24.3 Å². The van der Waals surface area contributed by atoms with Gasteiger partial charge in [0.25, 0.3) is 0 Å². The molecule has 1 aromatic rings. The second-order valence-corrected chi connectivity index (χ2v) is 5.90. The first-order valence-electron chi connectivity index (χ1n) is 5.28. The molecule has 20 heavy (non-hydrogen) atoms. The van der Waals surface area contributed by atoms with E-state index in [1.165, 1.54) is 0 Å². The van der Waals surface area contributed by atoms with Crippen LogP contribution in [-0.2, 0) is 24.6 Å². The van der Waals surface area contributed by atoms with Gasteiger partial charge in [0.1, 0.15) is 11.9 Å². The van der Waals surface area contributed by atoms with Gasteiger partial charge < -0.3 is 13.8 Å². The Morgan fingerprint density at radius 2 is 1.65 bits per heavy atom. The number of carbonyl (C=O) groups is 1. The highest BCUT2D eigenvalue weighted by molar-refractivity contribution is 7.54. The number of benzene rings is 1. The van der Waals surface area contributed by atoms with Gasteiger partial charge in [0.05, 0.1) is 5.56 Å². The molecular weight excluding hydrogens is 300 g/mol. The van der Waals surface area contributed by atoms with E-state index in [1.807, 2.05) is 0 Å². The molecule has 0 saturated heterocycles. The average Bonchev–Trinajstić information content (AvgIpc) is 2.38. The van der Waals surface area contributed by atoms with Crippen molar-refractivity contribution in [2.75, 3.05) is 20.4 Å². The summed E-state index contributed by atoms with van der Waals surface area (Å²) >= 11 is 0. The summed E-state index contributed by atoms with van der Waals surface area (Å²) in [6.45, 7) is 0. The Morgan fingerprint density at radius 3 is 2.05 bits per heavy atom. The number of alkyl halides is 3. The van der Waals surface area contributed by atoms with Gasteiger partial charge in [-0.15, -0.1) is 0 Å².